The molecule has 126 valence electrons. The molecule has 0 aliphatic carbocycles. The highest BCUT2D eigenvalue weighted by molar-refractivity contribution is 5.86. The molecule has 2 N–H and O–H groups in total. The molecule has 1 aromatic rings. The van der Waals surface area contributed by atoms with Crippen molar-refractivity contribution in [2.24, 2.45) is 4.99 Å². The maximum absolute atomic E-state index is 13.2. The number of piperidine rings is 1. The van der Waals surface area contributed by atoms with Gasteiger partial charge in [-0.3, -0.25) is 4.79 Å². The second kappa shape index (κ2) is 9.12. The van der Waals surface area contributed by atoms with Crippen molar-refractivity contribution >= 4 is 11.9 Å². The van der Waals surface area contributed by atoms with E-state index in [0.717, 1.165) is 31.5 Å². The smallest absolute Gasteiger partial charge is 0.241 e. The molecular formula is C17H25FN4O. The van der Waals surface area contributed by atoms with Gasteiger partial charge in [-0.15, -0.1) is 0 Å². The number of hydrogen-bond acceptors (Lipinski definition) is 2. The summed E-state index contributed by atoms with van der Waals surface area (Å²) in [7, 11) is 0. The third-order valence-corrected chi connectivity index (χ3v) is 3.77. The molecule has 1 aromatic carbocycles. The number of hydrogen-bond donors (Lipinski definition) is 2. The van der Waals surface area contributed by atoms with Gasteiger partial charge in [0, 0.05) is 19.6 Å². The summed E-state index contributed by atoms with van der Waals surface area (Å²) in [5.41, 5.74) is 0.796. The lowest BCUT2D eigenvalue weighted by Crippen LogP contribution is -2.46. The van der Waals surface area contributed by atoms with Crippen LogP contribution in [0.2, 0.25) is 0 Å². The quantitative estimate of drug-likeness (QED) is 0.643. The zero-order valence-electron chi connectivity index (χ0n) is 13.6. The molecule has 0 saturated carbocycles. The number of carbonyl (C=O) groups is 1. The Morgan fingerprint density at radius 1 is 1.26 bits per heavy atom. The molecule has 6 heteroatoms. The molecule has 1 heterocycles. The minimum Gasteiger partial charge on any atom is -0.357 e. The van der Waals surface area contributed by atoms with Crippen LogP contribution in [0.3, 0.4) is 0 Å². The fourth-order valence-corrected chi connectivity index (χ4v) is 2.56. The molecule has 0 aromatic heterocycles. The van der Waals surface area contributed by atoms with Crippen molar-refractivity contribution in [3.8, 4) is 0 Å². The number of guanidine groups is 1. The maximum atomic E-state index is 13.2. The number of likely N-dealkylation sites (tertiary alicyclic amines) is 1. The Bertz CT molecular complexity index is 541. The van der Waals surface area contributed by atoms with Crippen LogP contribution in [0.15, 0.2) is 29.3 Å². The van der Waals surface area contributed by atoms with Gasteiger partial charge in [-0.25, -0.2) is 9.38 Å². The summed E-state index contributed by atoms with van der Waals surface area (Å²) < 4.78 is 13.2. The van der Waals surface area contributed by atoms with E-state index < -0.39 is 0 Å². The first-order valence-corrected chi connectivity index (χ1v) is 8.23. The van der Waals surface area contributed by atoms with Gasteiger partial charge < -0.3 is 15.5 Å². The van der Waals surface area contributed by atoms with E-state index in [1.807, 2.05) is 17.9 Å². The molecule has 1 aliphatic heterocycles. The molecule has 5 nitrogen and oxygen atoms in total. The molecule has 0 spiro atoms. The van der Waals surface area contributed by atoms with Gasteiger partial charge in [0.1, 0.15) is 5.82 Å². The van der Waals surface area contributed by atoms with Gasteiger partial charge in [-0.2, -0.15) is 0 Å². The molecule has 0 atom stereocenters. The van der Waals surface area contributed by atoms with Crippen LogP contribution in [-0.4, -0.2) is 42.9 Å². The van der Waals surface area contributed by atoms with Gasteiger partial charge in [-0.05, 0) is 43.9 Å². The normalized spacial score (nSPS) is 15.4. The lowest BCUT2D eigenvalue weighted by atomic mass is 10.1. The van der Waals surface area contributed by atoms with Crippen molar-refractivity contribution < 1.29 is 9.18 Å². The van der Waals surface area contributed by atoms with E-state index in [4.69, 9.17) is 0 Å². The summed E-state index contributed by atoms with van der Waals surface area (Å²) in [4.78, 5) is 18.5. The Morgan fingerprint density at radius 3 is 2.74 bits per heavy atom. The first kappa shape index (κ1) is 17.2. The van der Waals surface area contributed by atoms with Gasteiger partial charge in [0.25, 0.3) is 0 Å². The summed E-state index contributed by atoms with van der Waals surface area (Å²) >= 11 is 0. The molecule has 23 heavy (non-hydrogen) atoms. The standard InChI is InChI=1S/C17H25FN4O/c1-2-19-17(20-12-14-7-6-8-15(18)11-14)21-13-16(23)22-9-4-3-5-10-22/h6-8,11H,2-5,9-10,12-13H2,1H3,(H2,19,20,21). The summed E-state index contributed by atoms with van der Waals surface area (Å²) in [6.07, 6.45) is 3.37. The average Bonchev–Trinajstić information content (AvgIpc) is 2.58. The largest absolute Gasteiger partial charge is 0.357 e. The molecule has 0 radical (unpaired) electrons. The Hall–Kier alpha value is -2.11. The first-order chi connectivity index (χ1) is 11.2. The van der Waals surface area contributed by atoms with Crippen molar-refractivity contribution in [1.29, 1.82) is 0 Å². The number of nitrogens with zero attached hydrogens (tertiary/aromatic N) is 2. The van der Waals surface area contributed by atoms with Crippen LogP contribution in [0, 0.1) is 5.82 Å². The number of carbonyl (C=O) groups excluding carboxylic acids is 1. The summed E-state index contributed by atoms with van der Waals surface area (Å²) in [5, 5.41) is 6.16. The second-order valence-electron chi connectivity index (χ2n) is 5.62. The van der Waals surface area contributed by atoms with Crippen molar-refractivity contribution in [1.82, 2.24) is 15.5 Å². The minimum atomic E-state index is -0.268. The van der Waals surface area contributed by atoms with Crippen molar-refractivity contribution in [3.05, 3.63) is 35.6 Å². The number of nitrogens with one attached hydrogen (secondary N) is 2. The van der Waals surface area contributed by atoms with E-state index in [9.17, 15) is 9.18 Å². The summed E-state index contributed by atoms with van der Waals surface area (Å²) in [5.74, 6) is 0.402. The predicted molar refractivity (Wildman–Crippen MR) is 89.6 cm³/mol. The topological polar surface area (TPSA) is 56.7 Å². The monoisotopic (exact) mass is 320 g/mol. The fourth-order valence-electron chi connectivity index (χ4n) is 2.56. The Balaban J connectivity index is 1.87. The molecular weight excluding hydrogens is 295 g/mol. The van der Waals surface area contributed by atoms with Crippen LogP contribution < -0.4 is 10.6 Å². The molecule has 1 amide bonds. The predicted octanol–water partition coefficient (Wildman–Crippen LogP) is 1.89. The van der Waals surface area contributed by atoms with Crippen molar-refractivity contribution in [2.45, 2.75) is 32.7 Å². The highest BCUT2D eigenvalue weighted by Gasteiger charge is 2.16. The van der Waals surface area contributed by atoms with Crippen LogP contribution in [0.25, 0.3) is 0 Å². The van der Waals surface area contributed by atoms with Crippen LogP contribution >= 0.6 is 0 Å². The maximum Gasteiger partial charge on any atom is 0.241 e. The summed E-state index contributed by atoms with van der Waals surface area (Å²) in [6.45, 7) is 4.95. The first-order valence-electron chi connectivity index (χ1n) is 8.23. The van der Waals surface area contributed by atoms with E-state index in [0.29, 0.717) is 19.0 Å². The third kappa shape index (κ3) is 5.88. The number of benzene rings is 1. The Kier molecular flexibility index (Phi) is 6.84. The zero-order chi connectivity index (χ0) is 16.5. The van der Waals surface area contributed by atoms with Gasteiger partial charge in [0.15, 0.2) is 5.96 Å². The Morgan fingerprint density at radius 2 is 2.04 bits per heavy atom. The van der Waals surface area contributed by atoms with Gasteiger partial charge in [0.2, 0.25) is 5.91 Å². The van der Waals surface area contributed by atoms with E-state index in [1.54, 1.807) is 6.07 Å². The van der Waals surface area contributed by atoms with Crippen LogP contribution in [0.5, 0.6) is 0 Å². The van der Waals surface area contributed by atoms with E-state index in [1.165, 1.54) is 18.6 Å². The highest BCUT2D eigenvalue weighted by Crippen LogP contribution is 2.08. The molecule has 1 fully saturated rings. The van der Waals surface area contributed by atoms with Gasteiger partial charge in [0.05, 0.1) is 13.1 Å². The zero-order valence-corrected chi connectivity index (χ0v) is 13.6. The second-order valence-corrected chi connectivity index (χ2v) is 5.62. The van der Waals surface area contributed by atoms with Gasteiger partial charge >= 0.3 is 0 Å². The number of amides is 1. The van der Waals surface area contributed by atoms with Crippen LogP contribution in [0.4, 0.5) is 4.39 Å². The average molecular weight is 320 g/mol. The van der Waals surface area contributed by atoms with Crippen molar-refractivity contribution in [3.63, 3.8) is 0 Å². The number of halogens is 1. The molecule has 1 aliphatic rings. The minimum absolute atomic E-state index is 0.0982. The fraction of sp³-hybridized carbons (Fsp3) is 0.529. The SMILES string of the molecule is CCNC(=NCc1cccc(F)c1)NCC(=O)N1CCCCC1. The van der Waals surface area contributed by atoms with Crippen molar-refractivity contribution in [2.75, 3.05) is 26.2 Å². The number of rotatable bonds is 5. The van der Waals surface area contributed by atoms with Gasteiger partial charge in [-0.1, -0.05) is 12.1 Å². The van der Waals surface area contributed by atoms with E-state index in [2.05, 4.69) is 15.6 Å². The van der Waals surface area contributed by atoms with E-state index >= 15 is 0 Å². The molecule has 0 bridgehead atoms. The molecule has 0 unspecified atom stereocenters. The number of aliphatic imine (C=N–C) groups is 1. The molecule has 2 rings (SSSR count). The Labute approximate surface area is 137 Å². The summed E-state index contributed by atoms with van der Waals surface area (Å²) in [6, 6.07) is 6.37. The van der Waals surface area contributed by atoms with Crippen LogP contribution in [0.1, 0.15) is 31.7 Å². The highest BCUT2D eigenvalue weighted by atomic mass is 19.1. The van der Waals surface area contributed by atoms with E-state index in [-0.39, 0.29) is 18.3 Å². The van der Waals surface area contributed by atoms with Crippen LogP contribution in [-0.2, 0) is 11.3 Å². The molecule has 1 saturated heterocycles. The third-order valence-electron chi connectivity index (χ3n) is 3.77. The lowest BCUT2D eigenvalue weighted by Gasteiger charge is -2.27. The lowest BCUT2D eigenvalue weighted by molar-refractivity contribution is -0.130.